The van der Waals surface area contributed by atoms with Gasteiger partial charge in [0.05, 0.1) is 16.6 Å². The molecule has 1 saturated heterocycles. The minimum Gasteiger partial charge on any atom is -0.296 e. The quantitative estimate of drug-likeness (QED) is 0.693. The second-order valence-electron chi connectivity index (χ2n) is 6.53. The molecular formula is C21H16ClN3O3. The Morgan fingerprint density at radius 3 is 2.54 bits per heavy atom. The highest BCUT2D eigenvalue weighted by Crippen LogP contribution is 2.37. The summed E-state index contributed by atoms with van der Waals surface area (Å²) in [5.41, 5.74) is 2.69. The summed E-state index contributed by atoms with van der Waals surface area (Å²) in [5, 5.41) is 2.86. The maximum absolute atomic E-state index is 12.2. The summed E-state index contributed by atoms with van der Waals surface area (Å²) < 4.78 is 1.45. The molecule has 1 atom stereocenters. The number of piperidine rings is 1. The number of benzene rings is 2. The van der Waals surface area contributed by atoms with Gasteiger partial charge in [-0.25, -0.2) is 9.78 Å². The van der Waals surface area contributed by atoms with Gasteiger partial charge in [-0.05, 0) is 35.7 Å². The molecule has 1 unspecified atom stereocenters. The zero-order chi connectivity index (χ0) is 19.7. The van der Waals surface area contributed by atoms with Crippen molar-refractivity contribution in [2.24, 2.45) is 0 Å². The molecule has 1 aromatic heterocycles. The van der Waals surface area contributed by atoms with Crippen LogP contribution in [0.4, 0.5) is 0 Å². The average molecular weight is 394 g/mol. The maximum atomic E-state index is 12.2. The van der Waals surface area contributed by atoms with Gasteiger partial charge in [0.15, 0.2) is 0 Å². The zero-order valence-corrected chi connectivity index (χ0v) is 15.5. The summed E-state index contributed by atoms with van der Waals surface area (Å²) in [6.45, 7) is 0. The van der Waals surface area contributed by atoms with Gasteiger partial charge in [0.1, 0.15) is 0 Å². The lowest BCUT2D eigenvalue weighted by Crippen LogP contribution is -2.39. The number of nitrogens with one attached hydrogen (secondary N) is 1. The third kappa shape index (κ3) is 3.34. The molecule has 1 fully saturated rings. The summed E-state index contributed by atoms with van der Waals surface area (Å²) in [6.07, 6.45) is 3.84. The highest BCUT2D eigenvalue weighted by molar-refractivity contribution is 6.34. The number of rotatable bonds is 3. The fourth-order valence-electron chi connectivity index (χ4n) is 3.39. The van der Waals surface area contributed by atoms with Crippen LogP contribution in [-0.4, -0.2) is 21.4 Å². The number of amides is 2. The molecule has 28 heavy (non-hydrogen) atoms. The molecule has 6 nitrogen and oxygen atoms in total. The molecule has 0 spiro atoms. The summed E-state index contributed by atoms with van der Waals surface area (Å²) >= 11 is 6.63. The fourth-order valence-corrected chi connectivity index (χ4v) is 3.75. The molecule has 4 rings (SSSR count). The van der Waals surface area contributed by atoms with Crippen LogP contribution in [0.1, 0.15) is 24.3 Å². The first-order valence-corrected chi connectivity index (χ1v) is 9.19. The zero-order valence-electron chi connectivity index (χ0n) is 14.8. The van der Waals surface area contributed by atoms with Gasteiger partial charge in [0, 0.05) is 24.4 Å². The van der Waals surface area contributed by atoms with Gasteiger partial charge in [-0.3, -0.25) is 19.5 Å². The van der Waals surface area contributed by atoms with Gasteiger partial charge in [0.25, 0.3) is 0 Å². The lowest BCUT2D eigenvalue weighted by Gasteiger charge is -2.23. The first kappa shape index (κ1) is 18.1. The summed E-state index contributed by atoms with van der Waals surface area (Å²) in [5.74, 6) is -1.02. The summed E-state index contributed by atoms with van der Waals surface area (Å²) in [4.78, 5) is 39.2. The van der Waals surface area contributed by atoms with Crippen molar-refractivity contribution in [2.45, 2.75) is 18.8 Å². The normalized spacial score (nSPS) is 16.7. The highest BCUT2D eigenvalue weighted by Gasteiger charge is 2.30. The van der Waals surface area contributed by atoms with E-state index in [0.29, 0.717) is 29.1 Å². The van der Waals surface area contributed by atoms with E-state index in [1.54, 1.807) is 12.3 Å². The van der Waals surface area contributed by atoms with Gasteiger partial charge >= 0.3 is 5.69 Å². The number of hydrogen-bond acceptors (Lipinski definition) is 4. The highest BCUT2D eigenvalue weighted by atomic mass is 35.5. The maximum Gasteiger partial charge on any atom is 0.352 e. The minimum absolute atomic E-state index is 0.255. The van der Waals surface area contributed by atoms with Crippen LogP contribution in [0.15, 0.2) is 65.7 Å². The van der Waals surface area contributed by atoms with Crippen LogP contribution in [0.2, 0.25) is 5.02 Å². The monoisotopic (exact) mass is 393 g/mol. The number of aromatic nitrogens is 2. The molecule has 1 aliphatic heterocycles. The molecule has 3 aromatic rings. The van der Waals surface area contributed by atoms with Crippen LogP contribution in [0.25, 0.3) is 16.8 Å². The van der Waals surface area contributed by atoms with Crippen molar-refractivity contribution in [2.75, 3.05) is 0 Å². The first-order valence-electron chi connectivity index (χ1n) is 8.81. The Labute approximate surface area is 165 Å². The van der Waals surface area contributed by atoms with Crippen molar-refractivity contribution in [3.8, 4) is 16.8 Å². The number of carbonyl (C=O) groups excluding carboxylic acids is 2. The van der Waals surface area contributed by atoms with Crippen LogP contribution in [0.3, 0.4) is 0 Å². The predicted molar refractivity (Wildman–Crippen MR) is 105 cm³/mol. The van der Waals surface area contributed by atoms with E-state index in [9.17, 15) is 14.4 Å². The van der Waals surface area contributed by atoms with Crippen LogP contribution in [0, 0.1) is 0 Å². The molecule has 1 aliphatic rings. The van der Waals surface area contributed by atoms with Gasteiger partial charge in [-0.1, -0.05) is 41.9 Å². The second-order valence-corrected chi connectivity index (χ2v) is 6.91. The van der Waals surface area contributed by atoms with Crippen molar-refractivity contribution in [3.05, 3.63) is 82.0 Å². The number of hydrogen-bond donors (Lipinski definition) is 1. The van der Waals surface area contributed by atoms with Crippen molar-refractivity contribution in [1.82, 2.24) is 14.9 Å². The van der Waals surface area contributed by atoms with Crippen molar-refractivity contribution >= 4 is 23.4 Å². The van der Waals surface area contributed by atoms with Crippen molar-refractivity contribution in [1.29, 1.82) is 0 Å². The predicted octanol–water partition coefficient (Wildman–Crippen LogP) is 3.07. The van der Waals surface area contributed by atoms with Gasteiger partial charge in [-0.2, -0.15) is 0 Å². The van der Waals surface area contributed by atoms with Crippen LogP contribution >= 0.6 is 11.6 Å². The van der Waals surface area contributed by atoms with E-state index < -0.39 is 5.92 Å². The van der Waals surface area contributed by atoms with Crippen LogP contribution in [-0.2, 0) is 9.59 Å². The van der Waals surface area contributed by atoms with E-state index in [1.165, 1.54) is 10.8 Å². The molecule has 140 valence electrons. The van der Waals surface area contributed by atoms with Gasteiger partial charge in [0.2, 0.25) is 11.8 Å². The molecule has 0 aliphatic carbocycles. The molecule has 2 amide bonds. The van der Waals surface area contributed by atoms with Crippen molar-refractivity contribution in [3.63, 3.8) is 0 Å². The van der Waals surface area contributed by atoms with E-state index in [4.69, 9.17) is 11.6 Å². The van der Waals surface area contributed by atoms with E-state index in [2.05, 4.69) is 10.3 Å². The Morgan fingerprint density at radius 2 is 1.82 bits per heavy atom. The molecule has 2 aromatic carbocycles. The third-order valence-electron chi connectivity index (χ3n) is 4.81. The van der Waals surface area contributed by atoms with Crippen LogP contribution in [0.5, 0.6) is 0 Å². The molecule has 7 heteroatoms. The molecule has 0 radical (unpaired) electrons. The van der Waals surface area contributed by atoms with E-state index in [0.717, 1.165) is 11.1 Å². The molecule has 0 saturated carbocycles. The van der Waals surface area contributed by atoms with E-state index in [-0.39, 0.29) is 17.5 Å². The minimum atomic E-state index is -0.446. The topological polar surface area (TPSA) is 81.1 Å². The molecule has 0 bridgehead atoms. The summed E-state index contributed by atoms with van der Waals surface area (Å²) in [6, 6.07) is 14.6. The Hall–Kier alpha value is -3.25. The third-order valence-corrected chi connectivity index (χ3v) is 5.23. The number of nitrogens with zero attached hydrogens (tertiary/aromatic N) is 2. The Kier molecular flexibility index (Phi) is 4.79. The first-order chi connectivity index (χ1) is 13.5. The molecule has 2 heterocycles. The van der Waals surface area contributed by atoms with Crippen LogP contribution < -0.4 is 11.0 Å². The van der Waals surface area contributed by atoms with Gasteiger partial charge < -0.3 is 0 Å². The standard InChI is InChI=1S/C21H16ClN3O3/c22-19-15(3-1-4-16(19)17-9-10-18(26)24-20(17)27)13-5-7-14(8-6-13)25-12-2-11-23-21(25)28/h1-8,11-12,17H,9-10H2,(H,24,26,27). The average Bonchev–Trinajstić information content (AvgIpc) is 2.69. The SMILES string of the molecule is O=C1CCC(c2cccc(-c3ccc(-n4cccnc4=O)cc3)c2Cl)C(=O)N1. The second kappa shape index (κ2) is 7.40. The summed E-state index contributed by atoms with van der Waals surface area (Å²) in [7, 11) is 0. The number of imide groups is 1. The molecular weight excluding hydrogens is 378 g/mol. The van der Waals surface area contributed by atoms with E-state index in [1.807, 2.05) is 42.5 Å². The Bertz CT molecular complexity index is 1120. The fraction of sp³-hybridized carbons (Fsp3) is 0.143. The van der Waals surface area contributed by atoms with E-state index >= 15 is 0 Å². The lowest BCUT2D eigenvalue weighted by atomic mass is 9.88. The van der Waals surface area contributed by atoms with Gasteiger partial charge in [-0.15, -0.1) is 0 Å². The number of carbonyl (C=O) groups is 2. The Morgan fingerprint density at radius 1 is 1.04 bits per heavy atom. The smallest absolute Gasteiger partial charge is 0.296 e. The lowest BCUT2D eigenvalue weighted by molar-refractivity contribution is -0.134. The van der Waals surface area contributed by atoms with Crippen molar-refractivity contribution < 1.29 is 9.59 Å². The number of halogens is 1. The molecule has 1 N–H and O–H groups in total. The Balaban J connectivity index is 1.69. The largest absolute Gasteiger partial charge is 0.352 e.